The Hall–Kier alpha value is -10.8. The first-order valence-corrected chi connectivity index (χ1v) is 43.9. The predicted octanol–water partition coefficient (Wildman–Crippen LogP) is 16.8. The number of aliphatic carboxylic acids is 1. The Morgan fingerprint density at radius 1 is 0.538 bits per heavy atom. The summed E-state index contributed by atoms with van der Waals surface area (Å²) in [7, 11) is 0.758. The summed E-state index contributed by atoms with van der Waals surface area (Å²) < 4.78 is 183. The van der Waals surface area contributed by atoms with E-state index in [9.17, 15) is 40.0 Å². The van der Waals surface area contributed by atoms with E-state index in [0.29, 0.717) is 17.4 Å². The number of rotatable bonds is 18. The molecule has 4 aromatic carbocycles. The quantitative estimate of drug-likeness (QED) is 0.0137. The normalized spacial score (nSPS) is 16.6. The number of nitrogens with zero attached hydrogens (tertiary/aromatic N) is 14. The molecule has 1 saturated heterocycles. The minimum Gasteiger partial charge on any atom is -0.478 e. The highest BCUT2D eigenvalue weighted by atomic mass is 79.9. The summed E-state index contributed by atoms with van der Waals surface area (Å²) in [5.74, 6) is -6.26. The van der Waals surface area contributed by atoms with Crippen LogP contribution in [0, 0.1) is 23.3 Å². The topological polar surface area (TPSA) is 295 Å². The summed E-state index contributed by atoms with van der Waals surface area (Å²) in [6.45, 7) is 17.0. The van der Waals surface area contributed by atoms with E-state index in [2.05, 4.69) is 97.0 Å². The third-order valence-electron chi connectivity index (χ3n) is 20.9. The molecule has 0 amide bonds. The van der Waals surface area contributed by atoms with Gasteiger partial charge in [-0.1, -0.05) is 36.4 Å². The zero-order valence-corrected chi connectivity index (χ0v) is 78.8. The van der Waals surface area contributed by atoms with Gasteiger partial charge < -0.3 is 33.4 Å². The Morgan fingerprint density at radius 2 is 0.954 bits per heavy atom. The van der Waals surface area contributed by atoms with Crippen LogP contribution in [0.4, 0.5) is 39.5 Å². The van der Waals surface area contributed by atoms with Gasteiger partial charge in [-0.05, 0) is 254 Å². The molecule has 4 unspecified atom stereocenters. The molecule has 15 rings (SSSR count). The zero-order chi connectivity index (χ0) is 95.4. The fourth-order valence-corrected chi connectivity index (χ4v) is 15.3. The molecule has 0 spiro atoms. The molecule has 686 valence electrons. The highest BCUT2D eigenvalue weighted by Gasteiger charge is 2.52. The fourth-order valence-electron chi connectivity index (χ4n) is 14.1. The van der Waals surface area contributed by atoms with Crippen LogP contribution in [-0.4, -0.2) is 179 Å². The van der Waals surface area contributed by atoms with Gasteiger partial charge in [0.05, 0.1) is 66.1 Å². The Bertz CT molecular complexity index is 6040. The van der Waals surface area contributed by atoms with Gasteiger partial charge in [-0.2, -0.15) is 42.0 Å². The van der Waals surface area contributed by atoms with Gasteiger partial charge in [0.2, 0.25) is 0 Å². The summed E-state index contributed by atoms with van der Waals surface area (Å²) in [5, 5.41) is 42.1. The maximum atomic E-state index is 15.6. The highest BCUT2D eigenvalue weighted by Crippen LogP contribution is 2.46. The molecule has 3 N–H and O–H groups in total. The number of carboxylic acid groups (broad SMARTS) is 1. The fraction of sp³-hybridized carbons (Fsp3) is 0.311. The van der Waals surface area contributed by atoms with Gasteiger partial charge in [0.15, 0.2) is 0 Å². The molecular formula is C90H94B2Br3F9N14O11S. The number of methoxy groups -OCH3 is 1. The van der Waals surface area contributed by atoms with Crippen LogP contribution >= 0.6 is 47.8 Å². The van der Waals surface area contributed by atoms with E-state index in [0.717, 1.165) is 137 Å². The molecule has 25 nitrogen and oxygen atoms in total. The highest BCUT2D eigenvalue weighted by molar-refractivity contribution is 9.11. The number of benzene rings is 4. The Balaban J connectivity index is 0.000000178. The van der Waals surface area contributed by atoms with Crippen molar-refractivity contribution in [2.45, 2.75) is 134 Å². The van der Waals surface area contributed by atoms with Gasteiger partial charge in [-0.25, -0.2) is 40.9 Å². The zero-order valence-electron chi connectivity index (χ0n) is 73.2. The summed E-state index contributed by atoms with van der Waals surface area (Å²) in [4.78, 5) is 42.9. The number of carbonyl (C=O) groups is 2. The molecule has 40 heteroatoms. The summed E-state index contributed by atoms with van der Waals surface area (Å²) in [6, 6.07) is 25.9. The monoisotopic (exact) mass is 2010 g/mol. The number of aromatic nitrogens is 12. The van der Waals surface area contributed by atoms with Gasteiger partial charge in [0, 0.05) is 175 Å². The summed E-state index contributed by atoms with van der Waals surface area (Å²) in [6.07, 6.45) is 25.9. The van der Waals surface area contributed by atoms with Crippen molar-refractivity contribution in [1.29, 1.82) is 0 Å². The van der Waals surface area contributed by atoms with Crippen molar-refractivity contribution in [2.24, 2.45) is 28.2 Å². The van der Waals surface area contributed by atoms with Crippen LogP contribution in [0.15, 0.2) is 209 Å². The number of alkyl halides is 5. The minimum atomic E-state index is -5.94. The molecule has 11 heterocycles. The van der Waals surface area contributed by atoms with Gasteiger partial charge in [0.1, 0.15) is 45.0 Å². The van der Waals surface area contributed by atoms with Crippen LogP contribution in [0.2, 0.25) is 0 Å². The molecule has 0 radical (unpaired) electrons. The molecule has 12 aromatic rings. The van der Waals surface area contributed by atoms with E-state index in [1.165, 1.54) is 49.5 Å². The summed E-state index contributed by atoms with van der Waals surface area (Å²) >= 11 is 9.82. The lowest BCUT2D eigenvalue weighted by atomic mass is 9.80. The van der Waals surface area contributed by atoms with Crippen molar-refractivity contribution in [1.82, 2.24) is 68.9 Å². The van der Waals surface area contributed by atoms with E-state index in [1.54, 1.807) is 76.3 Å². The molecular weight excluding hydrogens is 1920 g/mol. The maximum Gasteiger partial charge on any atom is 0.534 e. The summed E-state index contributed by atoms with van der Waals surface area (Å²) in [5.41, 5.74) is 0.588. The number of hydrogen-bond acceptors (Lipinski definition) is 20. The SMILES string of the molecule is Brc1ccc(Br)nc1.CC1Cc2cc(-c3ccc(-c4cnn(C)c4)nc3)ccc2C(c2c(F)cc(/C=C/C(=O)O)cc2F)N1CC(C)(C)F.COC(=O)/C=C/c1cc(F)c(C2c3ccc(OS(=O)(=O)C(F)(F)F)cc3CC(C)N2CC(C)(C)F)c(F)c1.Cn1cc(-c2ccc(B3OC(C)(C)C(C)(C)O3)cn2)cn1.Cn1cc(-c2ccc(Br)cn2)cn1.Cn1cc(B(O)O)cn1. The van der Waals surface area contributed by atoms with Crippen LogP contribution in [0.25, 0.3) is 57.1 Å². The van der Waals surface area contributed by atoms with Crippen LogP contribution < -0.4 is 15.1 Å². The smallest absolute Gasteiger partial charge is 0.478 e. The first-order chi connectivity index (χ1) is 60.8. The lowest BCUT2D eigenvalue weighted by molar-refractivity contribution is -0.135. The lowest BCUT2D eigenvalue weighted by Gasteiger charge is -2.44. The van der Waals surface area contributed by atoms with E-state index < -0.39 is 98.7 Å². The molecule has 130 heavy (non-hydrogen) atoms. The number of fused-ring (bicyclic) bond motifs is 2. The van der Waals surface area contributed by atoms with Gasteiger partial charge >= 0.3 is 41.8 Å². The van der Waals surface area contributed by atoms with E-state index >= 15 is 17.6 Å². The Kier molecular flexibility index (Phi) is 33.2. The predicted molar refractivity (Wildman–Crippen MR) is 487 cm³/mol. The van der Waals surface area contributed by atoms with Crippen LogP contribution in [0.5, 0.6) is 5.75 Å². The van der Waals surface area contributed by atoms with Crippen LogP contribution in [0.3, 0.4) is 0 Å². The van der Waals surface area contributed by atoms with Gasteiger partial charge in [0.25, 0.3) is 0 Å². The molecule has 0 bridgehead atoms. The average molecular weight is 2010 g/mol. The number of aryl methyl sites for hydroxylation is 4. The standard InChI is InChI=1S/C32H31F3N4O2.C25H25F6NO5S.C15H20BN3O2.C9H8BrN3.C5H3Br2N.C4H7BN2O2/c1-19-11-23-14-21(22-7-9-28(36-15-22)24-16-37-38(4)17-24)6-8-25(23)31(39(19)18-32(2,3)35)30-26(33)12-20(13-27(30)34)5-10-29(40)41;1-14-9-16-12-17(37-38(34,35)25(29,30)31)6-7-18(16)23(32(14)13-24(2,3)28)22-19(26)10-15(11-20(22)27)5-8-21(33)36-4;1-14(2)15(3,4)21-16(20-14)12-6-7-13(17-9-12)11-8-18-19(5)10-11;1-13-6-7(4-12-13)9-3-2-8(10)5-11-9;6-4-1-2-5(7)8-3-4;1-7-3-4(2-6-7)5(8)9/h5-10,12-17,19,31H,11,18H2,1-4H3,(H,40,41);5-8,10-12,14,23H,9,13H2,1-4H3;6-10H,1-5H3;2-6H,1H3;1-3H;2-3,8-9H,1H3/b10-5+;8-5+;;;;. The number of esters is 1. The number of halogens is 12. The Labute approximate surface area is 772 Å². The Morgan fingerprint density at radius 3 is 1.32 bits per heavy atom. The van der Waals surface area contributed by atoms with E-state index in [1.807, 2.05) is 147 Å². The van der Waals surface area contributed by atoms with Crippen molar-refractivity contribution in [3.8, 4) is 50.6 Å². The molecule has 3 aliphatic rings. The third-order valence-corrected chi connectivity index (χ3v) is 23.3. The van der Waals surface area contributed by atoms with Crippen LogP contribution in [-0.2, 0) is 74.8 Å². The van der Waals surface area contributed by atoms with Crippen molar-refractivity contribution in [2.75, 3.05) is 20.2 Å². The molecule has 1 fully saturated rings. The number of carbonyl (C=O) groups excluding carboxylic acids is 1. The van der Waals surface area contributed by atoms with Crippen molar-refractivity contribution < 1.29 is 90.9 Å². The third kappa shape index (κ3) is 27.0. The number of ether oxygens (including phenoxy) is 1. The van der Waals surface area contributed by atoms with Crippen molar-refractivity contribution in [3.05, 3.63) is 277 Å². The largest absolute Gasteiger partial charge is 0.534 e. The lowest BCUT2D eigenvalue weighted by Crippen LogP contribution is -2.48. The molecule has 0 saturated carbocycles. The maximum absolute atomic E-state index is 15.6. The molecule has 3 aliphatic heterocycles. The second-order valence-corrected chi connectivity index (χ2v) is 37.1. The van der Waals surface area contributed by atoms with Gasteiger partial charge in [-0.3, -0.25) is 43.5 Å². The van der Waals surface area contributed by atoms with E-state index in [-0.39, 0.29) is 71.7 Å². The van der Waals surface area contributed by atoms with Crippen LogP contribution in [0.1, 0.15) is 126 Å². The number of pyridine rings is 4. The van der Waals surface area contributed by atoms with Crippen molar-refractivity contribution in [3.63, 3.8) is 0 Å². The average Bonchev–Trinajstić information content (AvgIpc) is 0.802. The first kappa shape index (κ1) is 101. The number of hydrogen-bond donors (Lipinski definition) is 3. The number of carboxylic acids is 1. The first-order valence-electron chi connectivity index (χ1n) is 40.1. The van der Waals surface area contributed by atoms with Crippen molar-refractivity contribution >= 4 is 107 Å². The minimum absolute atomic E-state index is 0.0108. The second kappa shape index (κ2) is 42.6. The van der Waals surface area contributed by atoms with Gasteiger partial charge in [-0.15, -0.1) is 0 Å². The second-order valence-electron chi connectivity index (χ2n) is 33.0. The molecule has 4 atom stereocenters. The molecule has 8 aromatic heterocycles. The molecule has 0 aliphatic carbocycles. The van der Waals surface area contributed by atoms with E-state index in [4.69, 9.17) is 24.5 Å².